The van der Waals surface area contributed by atoms with Gasteiger partial charge in [-0.3, -0.25) is 0 Å². The number of rotatable bonds is 7. The molecule has 140 valence electrons. The number of hydrogen-bond acceptors (Lipinski definition) is 5. The fourth-order valence-corrected chi connectivity index (χ4v) is 3.29. The van der Waals surface area contributed by atoms with Gasteiger partial charge in [0.2, 0.25) is 0 Å². The van der Waals surface area contributed by atoms with Crippen molar-refractivity contribution in [1.82, 2.24) is 19.7 Å². The van der Waals surface area contributed by atoms with Crippen LogP contribution in [0.25, 0.3) is 23.3 Å². The number of fused-ring (bicyclic) bond motifs is 1. The van der Waals surface area contributed by atoms with Crippen molar-refractivity contribution < 1.29 is 0 Å². The Balaban J connectivity index is 1.58. The van der Waals surface area contributed by atoms with Crippen LogP contribution in [0.3, 0.4) is 0 Å². The smallest absolute Gasteiger partial charge is 0.191 e. The minimum Gasteiger partial charge on any atom is -0.369 e. The second-order valence-corrected chi connectivity index (χ2v) is 7.05. The first kappa shape index (κ1) is 18.3. The van der Waals surface area contributed by atoms with Crippen molar-refractivity contribution in [2.75, 3.05) is 18.1 Å². The number of thioether (sulfide) groups is 1. The van der Waals surface area contributed by atoms with Crippen molar-refractivity contribution in [2.24, 2.45) is 0 Å². The van der Waals surface area contributed by atoms with Gasteiger partial charge in [-0.05, 0) is 29.9 Å². The van der Waals surface area contributed by atoms with E-state index < -0.39 is 0 Å². The van der Waals surface area contributed by atoms with Crippen molar-refractivity contribution in [2.45, 2.75) is 11.6 Å². The molecule has 0 saturated carbocycles. The van der Waals surface area contributed by atoms with Gasteiger partial charge in [0, 0.05) is 12.7 Å². The molecule has 0 radical (unpaired) electrons. The largest absolute Gasteiger partial charge is 0.369 e. The molecular formula is C22H21N5S. The molecule has 0 fully saturated rings. The lowest BCUT2D eigenvalue weighted by Crippen LogP contribution is -2.08. The second-order valence-electron chi connectivity index (χ2n) is 6.27. The van der Waals surface area contributed by atoms with Crippen molar-refractivity contribution in [3.63, 3.8) is 0 Å². The number of benzene rings is 2. The summed E-state index contributed by atoms with van der Waals surface area (Å²) < 4.78 is 1.80. The quantitative estimate of drug-likeness (QED) is 0.364. The van der Waals surface area contributed by atoms with Gasteiger partial charge in [0.25, 0.3) is 0 Å². The van der Waals surface area contributed by atoms with Crippen LogP contribution in [0.1, 0.15) is 11.1 Å². The highest BCUT2D eigenvalue weighted by Crippen LogP contribution is 2.24. The lowest BCUT2D eigenvalue weighted by atomic mass is 10.1. The van der Waals surface area contributed by atoms with Crippen molar-refractivity contribution in [3.8, 4) is 0 Å². The summed E-state index contributed by atoms with van der Waals surface area (Å²) in [6.45, 7) is 0.801. The van der Waals surface area contributed by atoms with E-state index in [1.165, 1.54) is 17.3 Å². The molecular weight excluding hydrogens is 366 g/mol. The zero-order valence-corrected chi connectivity index (χ0v) is 16.4. The molecule has 0 bridgehead atoms. The zero-order chi connectivity index (χ0) is 19.2. The lowest BCUT2D eigenvalue weighted by molar-refractivity contribution is 0.915. The Bertz CT molecular complexity index is 1070. The molecule has 0 aliphatic rings. The van der Waals surface area contributed by atoms with E-state index in [4.69, 9.17) is 0 Å². The Morgan fingerprint density at radius 3 is 2.50 bits per heavy atom. The molecule has 0 atom stereocenters. The Morgan fingerprint density at radius 2 is 1.75 bits per heavy atom. The molecule has 0 spiro atoms. The van der Waals surface area contributed by atoms with Gasteiger partial charge >= 0.3 is 0 Å². The van der Waals surface area contributed by atoms with E-state index in [2.05, 4.69) is 56.8 Å². The van der Waals surface area contributed by atoms with Crippen LogP contribution in [-0.4, -0.2) is 32.5 Å². The molecule has 2 aromatic heterocycles. The highest BCUT2D eigenvalue weighted by molar-refractivity contribution is 7.98. The molecule has 2 aromatic carbocycles. The normalized spacial score (nSPS) is 11.3. The SMILES string of the molecule is CSc1nc(NCCc2ccccc2)c2cnn(C=Cc3ccccc3)c2n1. The Kier molecular flexibility index (Phi) is 5.68. The monoisotopic (exact) mass is 387 g/mol. The van der Waals surface area contributed by atoms with E-state index >= 15 is 0 Å². The molecule has 4 aromatic rings. The summed E-state index contributed by atoms with van der Waals surface area (Å²) in [5.74, 6) is 0.824. The average molecular weight is 388 g/mol. The number of nitrogens with zero attached hydrogens (tertiary/aromatic N) is 4. The maximum atomic E-state index is 4.65. The first-order valence-electron chi connectivity index (χ1n) is 9.14. The summed E-state index contributed by atoms with van der Waals surface area (Å²) in [4.78, 5) is 9.30. The Hall–Kier alpha value is -3.12. The highest BCUT2D eigenvalue weighted by atomic mass is 32.2. The summed E-state index contributed by atoms with van der Waals surface area (Å²) >= 11 is 1.53. The zero-order valence-electron chi connectivity index (χ0n) is 15.6. The molecule has 0 aliphatic carbocycles. The molecule has 4 rings (SSSR count). The third-order valence-electron chi connectivity index (χ3n) is 4.37. The summed E-state index contributed by atoms with van der Waals surface area (Å²) in [5, 5.41) is 9.59. The minimum absolute atomic E-state index is 0.726. The lowest BCUT2D eigenvalue weighted by Gasteiger charge is -2.08. The molecule has 6 heteroatoms. The van der Waals surface area contributed by atoms with E-state index in [1.807, 2.05) is 49.0 Å². The number of aromatic nitrogens is 4. The third-order valence-corrected chi connectivity index (χ3v) is 4.92. The first-order valence-corrected chi connectivity index (χ1v) is 10.4. The van der Waals surface area contributed by atoms with Crippen LogP contribution in [0.2, 0.25) is 0 Å². The van der Waals surface area contributed by atoms with E-state index in [0.29, 0.717) is 0 Å². The fraction of sp³-hybridized carbons (Fsp3) is 0.136. The van der Waals surface area contributed by atoms with Crippen LogP contribution in [0.5, 0.6) is 0 Å². The number of hydrogen-bond donors (Lipinski definition) is 1. The van der Waals surface area contributed by atoms with Crippen LogP contribution in [0.15, 0.2) is 72.0 Å². The van der Waals surface area contributed by atoms with Crippen LogP contribution >= 0.6 is 11.8 Å². The van der Waals surface area contributed by atoms with Gasteiger partial charge in [0.1, 0.15) is 5.82 Å². The molecule has 0 amide bonds. The molecule has 0 aliphatic heterocycles. The Morgan fingerprint density at radius 1 is 1.00 bits per heavy atom. The van der Waals surface area contributed by atoms with Crippen molar-refractivity contribution >= 4 is 40.9 Å². The van der Waals surface area contributed by atoms with E-state index in [-0.39, 0.29) is 0 Å². The topological polar surface area (TPSA) is 55.6 Å². The Labute approximate surface area is 168 Å². The molecule has 0 unspecified atom stereocenters. The van der Waals surface area contributed by atoms with Crippen LogP contribution in [0, 0.1) is 0 Å². The summed E-state index contributed by atoms with van der Waals surface area (Å²) in [6.07, 6.45) is 8.69. The van der Waals surface area contributed by atoms with Crippen LogP contribution in [0.4, 0.5) is 5.82 Å². The predicted molar refractivity (Wildman–Crippen MR) is 117 cm³/mol. The van der Waals surface area contributed by atoms with Crippen LogP contribution in [-0.2, 0) is 6.42 Å². The number of anilines is 1. The fourth-order valence-electron chi connectivity index (χ4n) is 2.93. The number of nitrogens with one attached hydrogen (secondary N) is 1. The van der Waals surface area contributed by atoms with Crippen molar-refractivity contribution in [3.05, 3.63) is 78.0 Å². The molecule has 0 saturated heterocycles. The van der Waals surface area contributed by atoms with E-state index in [0.717, 1.165) is 40.5 Å². The van der Waals surface area contributed by atoms with Gasteiger partial charge in [-0.15, -0.1) is 0 Å². The molecule has 5 nitrogen and oxygen atoms in total. The van der Waals surface area contributed by atoms with E-state index in [9.17, 15) is 0 Å². The highest BCUT2D eigenvalue weighted by Gasteiger charge is 2.11. The van der Waals surface area contributed by atoms with Crippen LogP contribution < -0.4 is 5.32 Å². The summed E-state index contributed by atoms with van der Waals surface area (Å²) in [6, 6.07) is 20.6. The van der Waals surface area contributed by atoms with E-state index in [1.54, 1.807) is 4.68 Å². The first-order chi connectivity index (χ1) is 13.8. The molecule has 1 N–H and O–H groups in total. The maximum absolute atomic E-state index is 4.65. The minimum atomic E-state index is 0.726. The van der Waals surface area contributed by atoms with Gasteiger partial charge in [-0.2, -0.15) is 5.10 Å². The van der Waals surface area contributed by atoms with Gasteiger partial charge < -0.3 is 5.32 Å². The van der Waals surface area contributed by atoms with Gasteiger partial charge in [-0.25, -0.2) is 14.6 Å². The third kappa shape index (κ3) is 4.23. The average Bonchev–Trinajstić information content (AvgIpc) is 3.17. The summed E-state index contributed by atoms with van der Waals surface area (Å²) in [5.41, 5.74) is 3.21. The maximum Gasteiger partial charge on any atom is 0.191 e. The standard InChI is InChI=1S/C22H21N5S/c1-28-22-25-20(23-14-12-17-8-4-2-5-9-17)19-16-24-27(21(19)26-22)15-13-18-10-6-3-7-11-18/h2-11,13,15-16H,12,14H2,1H3,(H,23,25,26). The molecule has 28 heavy (non-hydrogen) atoms. The van der Waals surface area contributed by atoms with Gasteiger partial charge in [0.15, 0.2) is 10.8 Å². The summed E-state index contributed by atoms with van der Waals surface area (Å²) in [7, 11) is 0. The predicted octanol–water partition coefficient (Wildman–Crippen LogP) is 4.83. The van der Waals surface area contributed by atoms with Crippen molar-refractivity contribution in [1.29, 1.82) is 0 Å². The van der Waals surface area contributed by atoms with Gasteiger partial charge in [0.05, 0.1) is 11.6 Å². The van der Waals surface area contributed by atoms with Gasteiger partial charge in [-0.1, -0.05) is 72.4 Å². The molecule has 2 heterocycles. The second kappa shape index (κ2) is 8.71.